The highest BCUT2D eigenvalue weighted by molar-refractivity contribution is 6.34. The summed E-state index contributed by atoms with van der Waals surface area (Å²) in [5.41, 5.74) is 1.03. The Morgan fingerprint density at radius 3 is 2.81 bits per heavy atom. The lowest BCUT2D eigenvalue weighted by atomic mass is 10.1. The third-order valence-corrected chi connectivity index (χ3v) is 5.63. The molecule has 3 aromatic rings. The molecule has 0 radical (unpaired) electrons. The van der Waals surface area contributed by atoms with E-state index in [2.05, 4.69) is 20.2 Å². The van der Waals surface area contributed by atoms with E-state index >= 15 is 0 Å². The van der Waals surface area contributed by atoms with Crippen molar-refractivity contribution in [2.75, 3.05) is 19.8 Å². The van der Waals surface area contributed by atoms with Crippen LogP contribution in [0.25, 0.3) is 11.0 Å². The van der Waals surface area contributed by atoms with Gasteiger partial charge in [0.25, 0.3) is 0 Å². The first-order valence-corrected chi connectivity index (χ1v) is 10.8. The first-order chi connectivity index (χ1) is 15.0. The molecule has 0 saturated carbocycles. The zero-order valence-corrected chi connectivity index (χ0v) is 18.3. The highest BCUT2D eigenvalue weighted by Gasteiger charge is 2.31. The number of fused-ring (bicyclic) bond motifs is 1. The average Bonchev–Trinajstić information content (AvgIpc) is 3.29. The van der Waals surface area contributed by atoms with Crippen LogP contribution in [-0.4, -0.2) is 54.3 Å². The maximum Gasteiger partial charge on any atom is 0.353 e. The van der Waals surface area contributed by atoms with Crippen LogP contribution in [0.1, 0.15) is 37.9 Å². The molecule has 0 N–H and O–H groups in total. The van der Waals surface area contributed by atoms with E-state index in [9.17, 15) is 10.1 Å². The second kappa shape index (κ2) is 9.33. The Bertz CT molecular complexity index is 1090. The van der Waals surface area contributed by atoms with Gasteiger partial charge in [0.15, 0.2) is 10.8 Å². The summed E-state index contributed by atoms with van der Waals surface area (Å²) in [6, 6.07) is 0.0711. The summed E-state index contributed by atoms with van der Waals surface area (Å²) in [5, 5.41) is 21.4. The van der Waals surface area contributed by atoms with Gasteiger partial charge >= 0.3 is 11.6 Å². The average molecular weight is 470 g/mol. The SMILES string of the molecule is CCc1c([N+](=O)[O-])c(OCCCn2nc(Cl)c3cnc(Cl)nc32)nn1C1CCOCC1. The van der Waals surface area contributed by atoms with Gasteiger partial charge in [0.05, 0.1) is 23.0 Å². The lowest BCUT2D eigenvalue weighted by molar-refractivity contribution is -0.386. The van der Waals surface area contributed by atoms with E-state index in [0.717, 1.165) is 12.8 Å². The van der Waals surface area contributed by atoms with Gasteiger partial charge in [-0.25, -0.2) is 9.67 Å². The van der Waals surface area contributed by atoms with Crippen molar-refractivity contribution < 1.29 is 14.4 Å². The summed E-state index contributed by atoms with van der Waals surface area (Å²) in [6.45, 7) is 3.76. The van der Waals surface area contributed by atoms with Crippen LogP contribution < -0.4 is 4.74 Å². The molecule has 0 aliphatic carbocycles. The van der Waals surface area contributed by atoms with Gasteiger partial charge in [-0.3, -0.25) is 14.8 Å². The van der Waals surface area contributed by atoms with Crippen LogP contribution in [0, 0.1) is 10.1 Å². The highest BCUT2D eigenvalue weighted by atomic mass is 35.5. The van der Waals surface area contributed by atoms with Crippen molar-refractivity contribution >= 4 is 39.9 Å². The van der Waals surface area contributed by atoms with Crippen molar-refractivity contribution in [2.24, 2.45) is 0 Å². The van der Waals surface area contributed by atoms with Crippen molar-refractivity contribution in [3.8, 4) is 5.88 Å². The maximum absolute atomic E-state index is 11.7. The van der Waals surface area contributed by atoms with Gasteiger partial charge < -0.3 is 9.47 Å². The Morgan fingerprint density at radius 1 is 1.32 bits per heavy atom. The number of nitro groups is 1. The molecule has 166 valence electrons. The molecule has 1 aliphatic rings. The normalized spacial score (nSPS) is 14.9. The maximum atomic E-state index is 11.7. The van der Waals surface area contributed by atoms with Gasteiger partial charge in [0.2, 0.25) is 5.28 Å². The van der Waals surface area contributed by atoms with Crippen LogP contribution in [0.3, 0.4) is 0 Å². The predicted molar refractivity (Wildman–Crippen MR) is 113 cm³/mol. The van der Waals surface area contributed by atoms with Crippen LogP contribution in [0.2, 0.25) is 10.4 Å². The fourth-order valence-electron chi connectivity index (χ4n) is 3.72. The Balaban J connectivity index is 1.48. The summed E-state index contributed by atoms with van der Waals surface area (Å²) in [4.78, 5) is 19.4. The van der Waals surface area contributed by atoms with E-state index in [4.69, 9.17) is 32.7 Å². The first kappa shape index (κ1) is 21.7. The summed E-state index contributed by atoms with van der Waals surface area (Å²) >= 11 is 12.0. The first-order valence-electron chi connectivity index (χ1n) is 10.0. The molecule has 31 heavy (non-hydrogen) atoms. The van der Waals surface area contributed by atoms with Gasteiger partial charge in [0.1, 0.15) is 5.69 Å². The van der Waals surface area contributed by atoms with Crippen LogP contribution in [0.5, 0.6) is 5.88 Å². The largest absolute Gasteiger partial charge is 0.472 e. The molecule has 1 aliphatic heterocycles. The predicted octanol–water partition coefficient (Wildman–Crippen LogP) is 3.62. The second-order valence-corrected chi connectivity index (χ2v) is 7.79. The number of hydrogen-bond donors (Lipinski definition) is 0. The minimum absolute atomic E-state index is 0.0436. The summed E-state index contributed by atoms with van der Waals surface area (Å²) in [5.74, 6) is 0.0436. The Labute approximate surface area is 187 Å². The van der Waals surface area contributed by atoms with Crippen molar-refractivity contribution in [2.45, 2.75) is 45.2 Å². The minimum atomic E-state index is -0.420. The number of ether oxygens (including phenoxy) is 2. The van der Waals surface area contributed by atoms with E-state index in [1.54, 1.807) is 9.36 Å². The fraction of sp³-hybridized carbons (Fsp3) is 0.556. The van der Waals surface area contributed by atoms with Gasteiger partial charge in [-0.2, -0.15) is 10.1 Å². The molecular weight excluding hydrogens is 449 g/mol. The number of aryl methyl sites for hydroxylation is 1. The van der Waals surface area contributed by atoms with E-state index < -0.39 is 4.92 Å². The van der Waals surface area contributed by atoms with E-state index in [1.165, 1.54) is 6.20 Å². The minimum Gasteiger partial charge on any atom is -0.472 e. The number of rotatable bonds is 8. The quantitative estimate of drug-likeness (QED) is 0.212. The zero-order chi connectivity index (χ0) is 22.0. The summed E-state index contributed by atoms with van der Waals surface area (Å²) < 4.78 is 14.5. The molecule has 1 fully saturated rings. The Morgan fingerprint density at radius 2 is 2.10 bits per heavy atom. The van der Waals surface area contributed by atoms with Crippen molar-refractivity contribution in [3.05, 3.63) is 32.4 Å². The molecule has 0 unspecified atom stereocenters. The fourth-order valence-corrected chi connectivity index (χ4v) is 4.07. The molecule has 0 amide bonds. The van der Waals surface area contributed by atoms with Gasteiger partial charge in [-0.15, -0.1) is 5.10 Å². The molecule has 4 rings (SSSR count). The van der Waals surface area contributed by atoms with Crippen molar-refractivity contribution in [1.29, 1.82) is 0 Å². The van der Waals surface area contributed by atoms with Crippen LogP contribution in [-0.2, 0) is 17.7 Å². The molecular formula is C18H21Cl2N7O4. The van der Waals surface area contributed by atoms with E-state index in [-0.39, 0.29) is 34.7 Å². The number of halogens is 2. The lowest BCUT2D eigenvalue weighted by Crippen LogP contribution is -2.22. The topological polar surface area (TPSA) is 123 Å². The molecule has 1 saturated heterocycles. The molecule has 0 bridgehead atoms. The van der Waals surface area contributed by atoms with Crippen molar-refractivity contribution in [3.63, 3.8) is 0 Å². The molecule has 11 nitrogen and oxygen atoms in total. The van der Waals surface area contributed by atoms with Gasteiger partial charge in [-0.1, -0.05) is 18.5 Å². The van der Waals surface area contributed by atoms with E-state index in [0.29, 0.717) is 49.3 Å². The van der Waals surface area contributed by atoms with Crippen molar-refractivity contribution in [1.82, 2.24) is 29.5 Å². The molecule has 3 aromatic heterocycles. The third kappa shape index (κ3) is 4.43. The molecule has 13 heteroatoms. The Hall–Kier alpha value is -2.50. The second-order valence-electron chi connectivity index (χ2n) is 7.09. The summed E-state index contributed by atoms with van der Waals surface area (Å²) in [6.07, 6.45) is 4.05. The monoisotopic (exact) mass is 469 g/mol. The van der Waals surface area contributed by atoms with E-state index in [1.807, 2.05) is 6.92 Å². The summed E-state index contributed by atoms with van der Waals surface area (Å²) in [7, 11) is 0. The van der Waals surface area contributed by atoms with Gasteiger partial charge in [-0.05, 0) is 30.9 Å². The van der Waals surface area contributed by atoms with Crippen LogP contribution in [0.4, 0.5) is 5.69 Å². The highest BCUT2D eigenvalue weighted by Crippen LogP contribution is 2.35. The molecule has 0 atom stereocenters. The lowest BCUT2D eigenvalue weighted by Gasteiger charge is -2.23. The van der Waals surface area contributed by atoms with Crippen LogP contribution >= 0.6 is 23.2 Å². The zero-order valence-electron chi connectivity index (χ0n) is 16.8. The van der Waals surface area contributed by atoms with Gasteiger partial charge in [0, 0.05) is 32.4 Å². The molecule has 0 spiro atoms. The van der Waals surface area contributed by atoms with Crippen LogP contribution in [0.15, 0.2) is 6.20 Å². The standard InChI is InChI=1S/C18H21Cl2N7O4/c1-2-13-14(27(28)29)17(24-26(13)11-4-8-30-9-5-11)31-7-3-6-25-16-12(15(19)23-25)10-21-18(20)22-16/h10-11H,2-9H2,1H3. The number of hydrogen-bond acceptors (Lipinski definition) is 8. The molecule has 0 aromatic carbocycles. The third-order valence-electron chi connectivity index (χ3n) is 5.17. The number of nitrogens with zero attached hydrogens (tertiary/aromatic N) is 7. The number of aromatic nitrogens is 6. The smallest absolute Gasteiger partial charge is 0.353 e. The Kier molecular flexibility index (Phi) is 6.54. The molecule has 4 heterocycles.